The Kier molecular flexibility index (Phi) is 10.1. The summed E-state index contributed by atoms with van der Waals surface area (Å²) in [6.07, 6.45) is 5.70. The molecule has 1 aliphatic rings. The molecule has 9 aromatic carbocycles. The molecule has 362 valence electrons. The van der Waals surface area contributed by atoms with Crippen molar-refractivity contribution in [3.05, 3.63) is 236 Å². The summed E-state index contributed by atoms with van der Waals surface area (Å²) in [5.74, 6) is 1.72. The van der Waals surface area contributed by atoms with Crippen molar-refractivity contribution in [3.63, 3.8) is 0 Å². The number of rotatable bonds is 6. The van der Waals surface area contributed by atoms with E-state index in [1.807, 2.05) is 65.4 Å². The molecule has 12 aromatic rings. The largest absolute Gasteiger partial charge is 0.510 e. The van der Waals surface area contributed by atoms with Gasteiger partial charge in [0.1, 0.15) is 5.82 Å². The molecule has 0 amide bonds. The van der Waals surface area contributed by atoms with Gasteiger partial charge in [-0.05, 0) is 107 Å². The average molecular weight is 1140 g/mol. The number of benzene rings is 9. The van der Waals surface area contributed by atoms with Gasteiger partial charge < -0.3 is 13.9 Å². The van der Waals surface area contributed by atoms with Gasteiger partial charge in [0.05, 0.1) is 23.6 Å². The molecule has 0 spiro atoms. The molecule has 0 fully saturated rings. The van der Waals surface area contributed by atoms with Crippen LogP contribution >= 0.6 is 0 Å². The smallest absolute Gasteiger partial charge is 0.268 e. The average Bonchev–Trinajstić information content (AvgIpc) is 4.08. The Balaban J connectivity index is 0.00000623. The molecular formula is C68H52N4OPt-2. The first-order valence-corrected chi connectivity index (χ1v) is 24.7. The molecule has 0 aliphatic heterocycles. The zero-order chi connectivity index (χ0) is 53.9. The fourth-order valence-corrected chi connectivity index (χ4v) is 10.7. The molecule has 1 aliphatic carbocycles. The van der Waals surface area contributed by atoms with Crippen molar-refractivity contribution in [2.75, 3.05) is 0 Å². The Morgan fingerprint density at radius 2 is 1.19 bits per heavy atom. The first-order chi connectivity index (χ1) is 37.5. The van der Waals surface area contributed by atoms with Gasteiger partial charge in [-0.25, -0.2) is 4.98 Å². The normalized spacial score (nSPS) is 13.0. The number of hydrogen-bond acceptors (Lipinski definition) is 2. The molecule has 5 nitrogen and oxygen atoms in total. The third kappa shape index (κ3) is 7.90. The van der Waals surface area contributed by atoms with E-state index in [4.69, 9.17) is 16.6 Å². The first kappa shape index (κ1) is 41.4. The number of aromatic nitrogens is 4. The molecule has 0 saturated carbocycles. The SMILES string of the molecule is [2H]c1c([2H])c([2H])c(-c2ccc3c(c2)n(-c2[c-]c(Oc4[c-]c5c(cc4)c4ccccc4n5-c4cc(C(C)(C)C)ccn4)ccc2)[c-][n+]3-c2c(C(C)(C)C)ccc3c2-c2ccccc2-c2ccccc2-c2ccccc2-3)c([2H])c1[2H].[Pt]. The number of pyridine rings is 1. The molecule has 13 rings (SSSR count). The number of fused-ring (bicyclic) bond motifs is 12. The van der Waals surface area contributed by atoms with Crippen LogP contribution in [0.15, 0.2) is 206 Å². The summed E-state index contributed by atoms with van der Waals surface area (Å²) in [5.41, 5.74) is 16.0. The van der Waals surface area contributed by atoms with Crippen molar-refractivity contribution in [2.24, 2.45) is 0 Å². The maximum atomic E-state index is 9.05. The molecule has 0 saturated heterocycles. The van der Waals surface area contributed by atoms with Gasteiger partial charge in [0.25, 0.3) is 6.33 Å². The van der Waals surface area contributed by atoms with Crippen molar-refractivity contribution in [2.45, 2.75) is 52.4 Å². The van der Waals surface area contributed by atoms with Crippen LogP contribution in [0.3, 0.4) is 0 Å². The van der Waals surface area contributed by atoms with Gasteiger partial charge in [-0.2, -0.15) is 18.2 Å². The monoisotopic (exact) mass is 1140 g/mol. The minimum Gasteiger partial charge on any atom is -0.510 e. The number of imidazole rings is 1. The van der Waals surface area contributed by atoms with E-state index in [2.05, 4.69) is 184 Å². The van der Waals surface area contributed by atoms with Crippen LogP contribution in [0.4, 0.5) is 0 Å². The van der Waals surface area contributed by atoms with E-state index >= 15 is 0 Å². The van der Waals surface area contributed by atoms with Crippen molar-refractivity contribution < 1.29 is 37.2 Å². The third-order valence-corrected chi connectivity index (χ3v) is 14.2. The third-order valence-electron chi connectivity index (χ3n) is 14.2. The predicted molar refractivity (Wildman–Crippen MR) is 298 cm³/mol. The topological polar surface area (TPSA) is 35.9 Å². The van der Waals surface area contributed by atoms with Crippen molar-refractivity contribution >= 4 is 32.8 Å². The zero-order valence-corrected chi connectivity index (χ0v) is 44.0. The number of ether oxygens (including phenoxy) is 1. The summed E-state index contributed by atoms with van der Waals surface area (Å²) in [6, 6.07) is 63.8. The fraction of sp³-hybridized carbons (Fsp3) is 0.118. The number of hydrogen-bond donors (Lipinski definition) is 0. The van der Waals surface area contributed by atoms with Crippen LogP contribution in [0.5, 0.6) is 11.5 Å². The van der Waals surface area contributed by atoms with Crippen molar-refractivity contribution in [3.8, 4) is 84.3 Å². The Morgan fingerprint density at radius 3 is 1.89 bits per heavy atom. The van der Waals surface area contributed by atoms with Crippen molar-refractivity contribution in [1.82, 2.24) is 14.1 Å². The van der Waals surface area contributed by atoms with Crippen molar-refractivity contribution in [1.29, 1.82) is 0 Å². The molecule has 0 unspecified atom stereocenters. The van der Waals surface area contributed by atoms with Gasteiger partial charge in [0.2, 0.25) is 0 Å². The van der Waals surface area contributed by atoms with Crippen LogP contribution in [-0.2, 0) is 31.9 Å². The molecular weight excluding hydrogens is 1080 g/mol. The Labute approximate surface area is 454 Å². The summed E-state index contributed by atoms with van der Waals surface area (Å²) in [6.45, 7) is 13.3. The molecule has 0 N–H and O–H groups in total. The molecule has 0 bridgehead atoms. The fourth-order valence-electron chi connectivity index (χ4n) is 10.7. The van der Waals surface area contributed by atoms with Crippen LogP contribution in [0.25, 0.3) is 106 Å². The molecule has 0 radical (unpaired) electrons. The standard InChI is InChI=1S/C68H52N4O.Pt/c1-67(2,3)46-37-38-69-64(40-46)72-60-30-17-16-28-55(60)56-33-32-49(42-62(56)72)73-48-22-18-21-47(41-48)70-43-71(61-36-31-45(39-63(61)70)44-19-8-7-9-20-44)66-59(68(4,5)6)35-34-58-54-27-13-12-25-52(54)50-23-10-11-24-51(50)53-26-14-15-29-57(53)65(58)66;/h7-40H,1-6H3;/q-2;/i7D,8D,9D,19D,20D;. The quantitative estimate of drug-likeness (QED) is 0.123. The van der Waals surface area contributed by atoms with Gasteiger partial charge in [-0.15, -0.1) is 29.7 Å². The molecule has 74 heavy (non-hydrogen) atoms. The van der Waals surface area contributed by atoms with E-state index in [9.17, 15) is 0 Å². The first-order valence-electron chi connectivity index (χ1n) is 27.2. The number of para-hydroxylation sites is 1. The van der Waals surface area contributed by atoms with Gasteiger partial charge in [-0.1, -0.05) is 193 Å². The Hall–Kier alpha value is -8.11. The summed E-state index contributed by atoms with van der Waals surface area (Å²) in [5, 5.41) is 2.10. The van der Waals surface area contributed by atoms with Crippen LogP contribution in [0.1, 0.15) is 59.5 Å². The predicted octanol–water partition coefficient (Wildman–Crippen LogP) is 16.8. The molecule has 0 atom stereocenters. The van der Waals surface area contributed by atoms with E-state index in [1.165, 1.54) is 5.56 Å². The summed E-state index contributed by atoms with van der Waals surface area (Å²) >= 11 is 0. The second-order valence-corrected chi connectivity index (χ2v) is 20.8. The zero-order valence-electron chi connectivity index (χ0n) is 46.8. The molecule has 3 heterocycles. The second kappa shape index (κ2) is 18.1. The minimum absolute atomic E-state index is 0. The van der Waals surface area contributed by atoms with E-state index in [0.717, 1.165) is 88.9 Å². The van der Waals surface area contributed by atoms with Gasteiger partial charge in [-0.3, -0.25) is 4.57 Å². The van der Waals surface area contributed by atoms with E-state index < -0.39 is 18.1 Å². The van der Waals surface area contributed by atoms with Gasteiger partial charge >= 0.3 is 0 Å². The summed E-state index contributed by atoms with van der Waals surface area (Å²) < 4.78 is 56.7. The van der Waals surface area contributed by atoms with Crippen LogP contribution in [0.2, 0.25) is 0 Å². The van der Waals surface area contributed by atoms with E-state index in [0.29, 0.717) is 28.3 Å². The minimum atomic E-state index is -0.445. The van der Waals surface area contributed by atoms with E-state index in [1.54, 1.807) is 0 Å². The maximum absolute atomic E-state index is 9.05. The van der Waals surface area contributed by atoms with Gasteiger partial charge in [0.15, 0.2) is 0 Å². The van der Waals surface area contributed by atoms with Gasteiger partial charge in [0, 0.05) is 49.8 Å². The Bertz CT molecular complexity index is 4430. The van der Waals surface area contributed by atoms with Crippen LogP contribution < -0.4 is 9.30 Å². The summed E-state index contributed by atoms with van der Waals surface area (Å²) in [7, 11) is 0. The second-order valence-electron chi connectivity index (χ2n) is 20.8. The van der Waals surface area contributed by atoms with Crippen LogP contribution in [-0.4, -0.2) is 14.1 Å². The Morgan fingerprint density at radius 1 is 0.541 bits per heavy atom. The maximum Gasteiger partial charge on any atom is 0.268 e. The van der Waals surface area contributed by atoms with E-state index in [-0.39, 0.29) is 49.5 Å². The van der Waals surface area contributed by atoms with Crippen LogP contribution in [0, 0.1) is 18.5 Å². The molecule has 3 aromatic heterocycles. The summed E-state index contributed by atoms with van der Waals surface area (Å²) in [4.78, 5) is 4.87. The number of nitrogens with zero attached hydrogens (tertiary/aromatic N) is 4. The molecule has 6 heteroatoms.